The van der Waals surface area contributed by atoms with Crippen LogP contribution in [0.3, 0.4) is 0 Å². The Morgan fingerprint density at radius 2 is 1.90 bits per heavy atom. The van der Waals surface area contributed by atoms with Crippen LogP contribution in [0.2, 0.25) is 0 Å². The Balaban J connectivity index is 2.47. The summed E-state index contributed by atoms with van der Waals surface area (Å²) in [5.41, 5.74) is 1.87. The molecule has 0 aliphatic heterocycles. The molecule has 0 aromatic heterocycles. The van der Waals surface area contributed by atoms with Gasteiger partial charge in [0, 0.05) is 10.0 Å². The van der Waals surface area contributed by atoms with Crippen molar-refractivity contribution in [2.24, 2.45) is 0 Å². The van der Waals surface area contributed by atoms with Gasteiger partial charge in [0.15, 0.2) is 0 Å². The van der Waals surface area contributed by atoms with Gasteiger partial charge in [-0.15, -0.1) is 0 Å². The number of benzene rings is 2. The molecule has 2 aromatic carbocycles. The second-order valence-corrected chi connectivity index (χ2v) is 5.34. The van der Waals surface area contributed by atoms with Crippen LogP contribution in [-0.2, 0) is 0 Å². The van der Waals surface area contributed by atoms with Gasteiger partial charge in [-0.3, -0.25) is 0 Å². The van der Waals surface area contributed by atoms with Crippen LogP contribution >= 0.6 is 15.9 Å². The minimum atomic E-state index is -0.263. The maximum absolute atomic E-state index is 13.6. The van der Waals surface area contributed by atoms with Crippen LogP contribution in [0.1, 0.15) is 24.1 Å². The fraction of sp³-hybridized carbons (Fsp3) is 0.250. The van der Waals surface area contributed by atoms with Crippen molar-refractivity contribution in [1.82, 2.24) is 5.32 Å². The Kier molecular flexibility index (Phi) is 5.15. The molecule has 0 fully saturated rings. The lowest BCUT2D eigenvalue weighted by molar-refractivity contribution is 0.402. The maximum atomic E-state index is 13.6. The highest BCUT2D eigenvalue weighted by Gasteiger charge is 2.18. The van der Waals surface area contributed by atoms with Crippen LogP contribution in [0.25, 0.3) is 0 Å². The molecular formula is C16H17BrFNO. The van der Waals surface area contributed by atoms with Crippen LogP contribution in [0.4, 0.5) is 4.39 Å². The van der Waals surface area contributed by atoms with Gasteiger partial charge in [-0.05, 0) is 42.4 Å². The van der Waals surface area contributed by atoms with Gasteiger partial charge < -0.3 is 10.1 Å². The fourth-order valence-corrected chi connectivity index (χ4v) is 2.46. The van der Waals surface area contributed by atoms with E-state index in [4.69, 9.17) is 4.74 Å². The van der Waals surface area contributed by atoms with Crippen LogP contribution in [0.5, 0.6) is 5.75 Å². The predicted octanol–water partition coefficient (Wildman–Crippen LogP) is 4.30. The van der Waals surface area contributed by atoms with E-state index in [1.807, 2.05) is 31.2 Å². The third-order valence-corrected chi connectivity index (χ3v) is 3.64. The zero-order chi connectivity index (χ0) is 14.5. The second-order valence-electron chi connectivity index (χ2n) is 4.43. The van der Waals surface area contributed by atoms with E-state index in [1.54, 1.807) is 13.2 Å². The van der Waals surface area contributed by atoms with Crippen molar-refractivity contribution >= 4 is 15.9 Å². The second kappa shape index (κ2) is 6.86. The number of nitrogens with one attached hydrogen (secondary N) is 1. The average Bonchev–Trinajstić information content (AvgIpc) is 2.46. The van der Waals surface area contributed by atoms with Crippen molar-refractivity contribution in [1.29, 1.82) is 0 Å². The quantitative estimate of drug-likeness (QED) is 0.878. The van der Waals surface area contributed by atoms with E-state index in [-0.39, 0.29) is 11.9 Å². The summed E-state index contributed by atoms with van der Waals surface area (Å²) < 4.78 is 19.9. The topological polar surface area (TPSA) is 21.3 Å². The number of halogens is 2. The van der Waals surface area contributed by atoms with E-state index in [2.05, 4.69) is 21.2 Å². The van der Waals surface area contributed by atoms with Gasteiger partial charge in [-0.25, -0.2) is 4.39 Å². The number of hydrogen-bond acceptors (Lipinski definition) is 2. The molecule has 20 heavy (non-hydrogen) atoms. The van der Waals surface area contributed by atoms with E-state index in [0.29, 0.717) is 5.75 Å². The zero-order valence-electron chi connectivity index (χ0n) is 11.5. The highest BCUT2D eigenvalue weighted by atomic mass is 79.9. The summed E-state index contributed by atoms with van der Waals surface area (Å²) in [5.74, 6) is 0.418. The molecule has 2 nitrogen and oxygen atoms in total. The van der Waals surface area contributed by atoms with Gasteiger partial charge in [-0.2, -0.15) is 0 Å². The number of methoxy groups -OCH3 is 1. The third-order valence-electron chi connectivity index (χ3n) is 3.11. The highest BCUT2D eigenvalue weighted by Crippen LogP contribution is 2.31. The van der Waals surface area contributed by atoms with E-state index >= 15 is 0 Å². The average molecular weight is 338 g/mol. The lowest BCUT2D eigenvalue weighted by atomic mass is 9.97. The Bertz CT molecular complexity index is 571. The van der Waals surface area contributed by atoms with Gasteiger partial charge >= 0.3 is 0 Å². The molecule has 0 saturated heterocycles. The third kappa shape index (κ3) is 3.38. The van der Waals surface area contributed by atoms with Gasteiger partial charge in [0.1, 0.15) is 11.6 Å². The summed E-state index contributed by atoms with van der Waals surface area (Å²) >= 11 is 3.42. The summed E-state index contributed by atoms with van der Waals surface area (Å²) in [7, 11) is 1.60. The molecule has 0 bridgehead atoms. The van der Waals surface area contributed by atoms with Gasteiger partial charge in [-0.1, -0.05) is 35.0 Å². The minimum absolute atomic E-state index is 0.0984. The molecule has 0 heterocycles. The van der Waals surface area contributed by atoms with Crippen molar-refractivity contribution in [2.45, 2.75) is 13.0 Å². The molecule has 0 spiro atoms. The molecule has 0 aliphatic carbocycles. The Morgan fingerprint density at radius 1 is 1.20 bits per heavy atom. The Morgan fingerprint density at radius 3 is 2.50 bits per heavy atom. The van der Waals surface area contributed by atoms with Crippen LogP contribution < -0.4 is 10.1 Å². The first-order valence-electron chi connectivity index (χ1n) is 6.48. The normalized spacial score (nSPS) is 12.2. The molecule has 1 N–H and O–H groups in total. The molecule has 2 aromatic rings. The van der Waals surface area contributed by atoms with Crippen LogP contribution in [-0.4, -0.2) is 13.7 Å². The Hall–Kier alpha value is -1.39. The van der Waals surface area contributed by atoms with Gasteiger partial charge in [0.25, 0.3) is 0 Å². The van der Waals surface area contributed by atoms with Crippen molar-refractivity contribution in [3.05, 3.63) is 63.9 Å². The van der Waals surface area contributed by atoms with Crippen LogP contribution in [0, 0.1) is 5.82 Å². The van der Waals surface area contributed by atoms with E-state index in [0.717, 1.165) is 22.1 Å². The number of hydrogen-bond donors (Lipinski definition) is 1. The molecule has 1 atom stereocenters. The first-order chi connectivity index (χ1) is 9.65. The zero-order valence-corrected chi connectivity index (χ0v) is 13.1. The maximum Gasteiger partial charge on any atom is 0.124 e. The SMILES string of the molecule is CCNC(c1ccc(Br)cc1)c1cc(F)ccc1OC. The fourth-order valence-electron chi connectivity index (χ4n) is 2.20. The number of rotatable bonds is 5. The lowest BCUT2D eigenvalue weighted by Gasteiger charge is -2.21. The van der Waals surface area contributed by atoms with Crippen molar-refractivity contribution in [2.75, 3.05) is 13.7 Å². The Labute approximate surface area is 127 Å². The smallest absolute Gasteiger partial charge is 0.124 e. The van der Waals surface area contributed by atoms with Gasteiger partial charge in [0.05, 0.1) is 13.2 Å². The van der Waals surface area contributed by atoms with E-state index in [1.165, 1.54) is 12.1 Å². The van der Waals surface area contributed by atoms with E-state index in [9.17, 15) is 4.39 Å². The van der Waals surface area contributed by atoms with Crippen molar-refractivity contribution in [3.8, 4) is 5.75 Å². The molecule has 0 aliphatic rings. The molecule has 0 amide bonds. The van der Waals surface area contributed by atoms with Crippen molar-refractivity contribution < 1.29 is 9.13 Å². The minimum Gasteiger partial charge on any atom is -0.496 e. The molecule has 1 unspecified atom stereocenters. The molecule has 0 saturated carbocycles. The first kappa shape index (κ1) is 15.0. The number of ether oxygens (including phenoxy) is 1. The summed E-state index contributed by atoms with van der Waals surface area (Å²) in [6.45, 7) is 2.80. The standard InChI is InChI=1S/C16H17BrFNO/c1-3-19-16(11-4-6-12(17)7-5-11)14-10-13(18)8-9-15(14)20-2/h4-10,16,19H,3H2,1-2H3. The summed E-state index contributed by atoms with van der Waals surface area (Å²) in [4.78, 5) is 0. The first-order valence-corrected chi connectivity index (χ1v) is 7.27. The van der Waals surface area contributed by atoms with Crippen molar-refractivity contribution in [3.63, 3.8) is 0 Å². The molecular weight excluding hydrogens is 321 g/mol. The summed E-state index contributed by atoms with van der Waals surface area (Å²) in [5, 5.41) is 3.37. The molecule has 106 valence electrons. The molecule has 2 rings (SSSR count). The summed E-state index contributed by atoms with van der Waals surface area (Å²) in [6.07, 6.45) is 0. The largest absolute Gasteiger partial charge is 0.496 e. The molecule has 0 radical (unpaired) electrons. The van der Waals surface area contributed by atoms with E-state index < -0.39 is 0 Å². The van der Waals surface area contributed by atoms with Crippen LogP contribution in [0.15, 0.2) is 46.9 Å². The monoisotopic (exact) mass is 337 g/mol. The highest BCUT2D eigenvalue weighted by molar-refractivity contribution is 9.10. The summed E-state index contributed by atoms with van der Waals surface area (Å²) in [6, 6.07) is 12.5. The predicted molar refractivity (Wildman–Crippen MR) is 82.6 cm³/mol. The van der Waals surface area contributed by atoms with Gasteiger partial charge in [0.2, 0.25) is 0 Å². The molecule has 4 heteroatoms. The lowest BCUT2D eigenvalue weighted by Crippen LogP contribution is -2.22.